The largest absolute Gasteiger partial charge is 0.389 e. The van der Waals surface area contributed by atoms with Crippen LogP contribution in [0.1, 0.15) is 53.4 Å². The van der Waals surface area contributed by atoms with Crippen molar-refractivity contribution in [3.63, 3.8) is 0 Å². The van der Waals surface area contributed by atoms with E-state index in [4.69, 9.17) is 4.74 Å². The zero-order chi connectivity index (χ0) is 15.7. The summed E-state index contributed by atoms with van der Waals surface area (Å²) in [7, 11) is 0. The highest BCUT2D eigenvalue weighted by Crippen LogP contribution is 2.11. The van der Waals surface area contributed by atoms with Gasteiger partial charge in [-0.15, -0.1) is 0 Å². The van der Waals surface area contributed by atoms with Gasteiger partial charge in [-0.3, -0.25) is 0 Å². The molecule has 4 nitrogen and oxygen atoms in total. The van der Waals surface area contributed by atoms with E-state index in [1.807, 2.05) is 0 Å². The predicted octanol–water partition coefficient (Wildman–Crippen LogP) is 2.26. The van der Waals surface area contributed by atoms with Gasteiger partial charge < -0.3 is 20.1 Å². The molecule has 0 saturated carbocycles. The van der Waals surface area contributed by atoms with Gasteiger partial charge in [0.05, 0.1) is 18.8 Å². The van der Waals surface area contributed by atoms with Crippen molar-refractivity contribution in [1.82, 2.24) is 10.2 Å². The average Bonchev–Trinajstić information content (AvgIpc) is 2.44. The standard InChI is InChI=1S/C17H36N2O2/c1-5-8-19-9-6-16(7-10-19)18-12-17(20)13-21-15(4)11-14(2)3/h14-18,20H,5-13H2,1-4H3. The summed E-state index contributed by atoms with van der Waals surface area (Å²) in [5.41, 5.74) is 0. The highest BCUT2D eigenvalue weighted by molar-refractivity contribution is 4.78. The second kappa shape index (κ2) is 10.5. The summed E-state index contributed by atoms with van der Waals surface area (Å²) < 4.78 is 5.71. The molecule has 21 heavy (non-hydrogen) atoms. The van der Waals surface area contributed by atoms with E-state index in [1.54, 1.807) is 0 Å². The molecule has 1 aliphatic heterocycles. The Kier molecular flexibility index (Phi) is 9.49. The fourth-order valence-corrected chi connectivity index (χ4v) is 3.05. The van der Waals surface area contributed by atoms with E-state index < -0.39 is 6.10 Å². The number of ether oxygens (including phenoxy) is 1. The zero-order valence-corrected chi connectivity index (χ0v) is 14.5. The maximum Gasteiger partial charge on any atom is 0.0897 e. The highest BCUT2D eigenvalue weighted by atomic mass is 16.5. The minimum Gasteiger partial charge on any atom is -0.389 e. The third kappa shape index (κ3) is 8.77. The second-order valence-corrected chi connectivity index (χ2v) is 6.95. The Morgan fingerprint density at radius 3 is 2.48 bits per heavy atom. The Hall–Kier alpha value is -0.160. The molecular weight excluding hydrogens is 264 g/mol. The van der Waals surface area contributed by atoms with E-state index in [0.29, 0.717) is 25.1 Å². The lowest BCUT2D eigenvalue weighted by Gasteiger charge is -2.32. The van der Waals surface area contributed by atoms with E-state index in [0.717, 1.165) is 6.42 Å². The van der Waals surface area contributed by atoms with E-state index >= 15 is 0 Å². The van der Waals surface area contributed by atoms with Crippen molar-refractivity contribution in [2.45, 2.75) is 71.6 Å². The van der Waals surface area contributed by atoms with Crippen molar-refractivity contribution in [2.24, 2.45) is 5.92 Å². The summed E-state index contributed by atoms with van der Waals surface area (Å²) in [5, 5.41) is 13.5. The minimum atomic E-state index is -0.395. The first kappa shape index (κ1) is 18.9. The molecule has 2 N–H and O–H groups in total. The number of aliphatic hydroxyl groups is 1. The second-order valence-electron chi connectivity index (χ2n) is 6.95. The first-order valence-corrected chi connectivity index (χ1v) is 8.76. The normalized spacial score (nSPS) is 20.9. The lowest BCUT2D eigenvalue weighted by molar-refractivity contribution is -0.00988. The maximum atomic E-state index is 10.0. The summed E-state index contributed by atoms with van der Waals surface area (Å²) in [6.45, 7) is 13.4. The molecule has 0 amide bonds. The van der Waals surface area contributed by atoms with Crippen LogP contribution in [0.4, 0.5) is 0 Å². The van der Waals surface area contributed by atoms with Gasteiger partial charge in [-0.1, -0.05) is 20.8 Å². The topological polar surface area (TPSA) is 44.7 Å². The van der Waals surface area contributed by atoms with Crippen molar-refractivity contribution in [3.05, 3.63) is 0 Å². The van der Waals surface area contributed by atoms with E-state index in [-0.39, 0.29) is 6.10 Å². The van der Waals surface area contributed by atoms with E-state index in [1.165, 1.54) is 38.9 Å². The third-order valence-corrected chi connectivity index (χ3v) is 4.15. The molecular formula is C17H36N2O2. The van der Waals surface area contributed by atoms with Gasteiger partial charge in [-0.25, -0.2) is 0 Å². The summed E-state index contributed by atoms with van der Waals surface area (Å²) in [5.74, 6) is 0.642. The van der Waals surface area contributed by atoms with Crippen LogP contribution in [0.15, 0.2) is 0 Å². The van der Waals surface area contributed by atoms with Crippen LogP contribution in [0.5, 0.6) is 0 Å². The number of nitrogens with zero attached hydrogens (tertiary/aromatic N) is 1. The monoisotopic (exact) mass is 300 g/mol. The molecule has 2 atom stereocenters. The summed E-state index contributed by atoms with van der Waals surface area (Å²) in [6.07, 6.45) is 4.51. The number of piperidine rings is 1. The van der Waals surface area contributed by atoms with Gasteiger partial charge in [0, 0.05) is 12.6 Å². The molecule has 0 bridgehead atoms. The number of rotatable bonds is 10. The molecule has 0 radical (unpaired) electrons. The van der Waals surface area contributed by atoms with Crippen molar-refractivity contribution in [1.29, 1.82) is 0 Å². The molecule has 0 aromatic carbocycles. The van der Waals surface area contributed by atoms with Gasteiger partial charge >= 0.3 is 0 Å². The number of hydrogen-bond donors (Lipinski definition) is 2. The molecule has 1 rings (SSSR count). The summed E-state index contributed by atoms with van der Waals surface area (Å²) >= 11 is 0. The van der Waals surface area contributed by atoms with Crippen LogP contribution in [-0.4, -0.2) is 61.0 Å². The minimum absolute atomic E-state index is 0.233. The molecule has 0 aliphatic carbocycles. The lowest BCUT2D eigenvalue weighted by Crippen LogP contribution is -2.45. The number of nitrogens with one attached hydrogen (secondary N) is 1. The average molecular weight is 300 g/mol. The SMILES string of the molecule is CCCN1CCC(NCC(O)COC(C)CC(C)C)CC1. The van der Waals surface area contributed by atoms with Crippen molar-refractivity contribution in [3.8, 4) is 0 Å². The van der Waals surface area contributed by atoms with Crippen LogP contribution in [0.3, 0.4) is 0 Å². The van der Waals surface area contributed by atoms with Crippen LogP contribution < -0.4 is 5.32 Å². The van der Waals surface area contributed by atoms with Gasteiger partial charge in [0.2, 0.25) is 0 Å². The number of likely N-dealkylation sites (tertiary alicyclic amines) is 1. The van der Waals surface area contributed by atoms with Gasteiger partial charge in [0.25, 0.3) is 0 Å². The lowest BCUT2D eigenvalue weighted by atomic mass is 10.0. The first-order valence-electron chi connectivity index (χ1n) is 8.76. The van der Waals surface area contributed by atoms with E-state index in [2.05, 4.69) is 37.9 Å². The van der Waals surface area contributed by atoms with Crippen LogP contribution >= 0.6 is 0 Å². The first-order chi connectivity index (χ1) is 10.0. The van der Waals surface area contributed by atoms with Gasteiger partial charge in [-0.05, 0) is 58.2 Å². The molecule has 1 fully saturated rings. The molecule has 0 aromatic rings. The van der Waals surface area contributed by atoms with Crippen molar-refractivity contribution in [2.75, 3.05) is 32.8 Å². The van der Waals surface area contributed by atoms with Crippen LogP contribution in [0.2, 0.25) is 0 Å². The summed E-state index contributed by atoms with van der Waals surface area (Å²) in [6, 6.07) is 0.556. The van der Waals surface area contributed by atoms with Crippen molar-refractivity contribution < 1.29 is 9.84 Å². The summed E-state index contributed by atoms with van der Waals surface area (Å²) in [4.78, 5) is 2.53. The maximum absolute atomic E-state index is 10.0. The van der Waals surface area contributed by atoms with Gasteiger partial charge in [-0.2, -0.15) is 0 Å². The third-order valence-electron chi connectivity index (χ3n) is 4.15. The van der Waals surface area contributed by atoms with Gasteiger partial charge in [0.1, 0.15) is 0 Å². The Labute approximate surface area is 131 Å². The molecule has 126 valence electrons. The van der Waals surface area contributed by atoms with Crippen LogP contribution in [0.25, 0.3) is 0 Å². The Morgan fingerprint density at radius 2 is 1.90 bits per heavy atom. The fraction of sp³-hybridized carbons (Fsp3) is 1.00. The van der Waals surface area contributed by atoms with Crippen LogP contribution in [0, 0.1) is 5.92 Å². The quantitative estimate of drug-likeness (QED) is 0.649. The Bertz CT molecular complexity index is 253. The predicted molar refractivity (Wildman–Crippen MR) is 88.6 cm³/mol. The Morgan fingerprint density at radius 1 is 1.24 bits per heavy atom. The Balaban J connectivity index is 2.07. The van der Waals surface area contributed by atoms with E-state index in [9.17, 15) is 5.11 Å². The smallest absolute Gasteiger partial charge is 0.0897 e. The fourth-order valence-electron chi connectivity index (χ4n) is 3.05. The number of hydrogen-bond acceptors (Lipinski definition) is 4. The van der Waals surface area contributed by atoms with Crippen LogP contribution in [-0.2, 0) is 4.74 Å². The molecule has 4 heteroatoms. The van der Waals surface area contributed by atoms with Gasteiger partial charge in [0.15, 0.2) is 0 Å². The molecule has 0 aromatic heterocycles. The molecule has 1 heterocycles. The highest BCUT2D eigenvalue weighted by Gasteiger charge is 2.19. The molecule has 0 spiro atoms. The molecule has 1 aliphatic rings. The van der Waals surface area contributed by atoms with Crippen molar-refractivity contribution >= 4 is 0 Å². The number of aliphatic hydroxyl groups excluding tert-OH is 1. The zero-order valence-electron chi connectivity index (χ0n) is 14.5. The molecule has 2 unspecified atom stereocenters. The molecule has 1 saturated heterocycles.